The number of hydrogen-bond donors (Lipinski definition) is 0. The van der Waals surface area contributed by atoms with E-state index in [1.165, 1.54) is 12.8 Å². The second-order valence-corrected chi connectivity index (χ2v) is 4.22. The lowest BCUT2D eigenvalue weighted by molar-refractivity contribution is 0.148. The lowest BCUT2D eigenvalue weighted by Gasteiger charge is -2.48. The first-order valence-electron chi connectivity index (χ1n) is 4.22. The van der Waals surface area contributed by atoms with E-state index in [4.69, 9.17) is 0 Å². The lowest BCUT2D eigenvalue weighted by Crippen LogP contribution is -2.38. The van der Waals surface area contributed by atoms with Crippen molar-refractivity contribution in [3.8, 4) is 0 Å². The summed E-state index contributed by atoms with van der Waals surface area (Å²) in [7, 11) is 0. The molecule has 0 radical (unpaired) electrons. The predicted octanol–water partition coefficient (Wildman–Crippen LogP) is 3.39. The summed E-state index contributed by atoms with van der Waals surface area (Å²) in [6.45, 7) is 9.26. The van der Waals surface area contributed by atoms with E-state index >= 15 is 0 Å². The van der Waals surface area contributed by atoms with Crippen LogP contribution in [0.1, 0.15) is 40.5 Å². The number of allylic oxidation sites excluding steroid dienone is 2. The van der Waals surface area contributed by atoms with Crippen molar-refractivity contribution in [2.24, 2.45) is 10.8 Å². The van der Waals surface area contributed by atoms with Gasteiger partial charge in [0.15, 0.2) is 0 Å². The van der Waals surface area contributed by atoms with Gasteiger partial charge in [0.1, 0.15) is 0 Å². The standard InChI is InChI=1S/C10H18/c1-5-6-10(4)8-7-9(10,2)3/h7-8H,5-6H2,1-4H3. The minimum Gasteiger partial charge on any atom is -0.0814 e. The summed E-state index contributed by atoms with van der Waals surface area (Å²) in [6.07, 6.45) is 7.31. The van der Waals surface area contributed by atoms with Crippen molar-refractivity contribution in [2.75, 3.05) is 0 Å². The first-order chi connectivity index (χ1) is 4.52. The van der Waals surface area contributed by atoms with Crippen molar-refractivity contribution < 1.29 is 0 Å². The Balaban J connectivity index is 2.65. The van der Waals surface area contributed by atoms with Crippen LogP contribution in [-0.4, -0.2) is 0 Å². The van der Waals surface area contributed by atoms with E-state index in [9.17, 15) is 0 Å². The van der Waals surface area contributed by atoms with Crippen molar-refractivity contribution >= 4 is 0 Å². The van der Waals surface area contributed by atoms with Gasteiger partial charge in [-0.15, -0.1) is 0 Å². The lowest BCUT2D eigenvalue weighted by atomic mass is 9.57. The van der Waals surface area contributed by atoms with E-state index < -0.39 is 0 Å². The van der Waals surface area contributed by atoms with Crippen LogP contribution in [0.4, 0.5) is 0 Å². The molecule has 0 aliphatic heterocycles. The van der Waals surface area contributed by atoms with Crippen LogP contribution in [-0.2, 0) is 0 Å². The maximum Gasteiger partial charge on any atom is -0.00608 e. The summed E-state index contributed by atoms with van der Waals surface area (Å²) in [6, 6.07) is 0. The zero-order chi connectivity index (χ0) is 7.83. The van der Waals surface area contributed by atoms with Crippen molar-refractivity contribution in [1.29, 1.82) is 0 Å². The minimum absolute atomic E-state index is 0.447. The van der Waals surface area contributed by atoms with Gasteiger partial charge in [0.05, 0.1) is 0 Å². The van der Waals surface area contributed by atoms with Gasteiger partial charge in [-0.2, -0.15) is 0 Å². The van der Waals surface area contributed by atoms with Crippen LogP contribution < -0.4 is 0 Å². The molecular weight excluding hydrogens is 120 g/mol. The average molecular weight is 138 g/mol. The number of hydrogen-bond acceptors (Lipinski definition) is 0. The largest absolute Gasteiger partial charge is 0.0814 e. The van der Waals surface area contributed by atoms with Crippen LogP contribution in [0.3, 0.4) is 0 Å². The molecule has 1 unspecified atom stereocenters. The SMILES string of the molecule is CCCC1(C)C=CC1(C)C. The molecule has 0 N–H and O–H groups in total. The molecule has 1 aliphatic carbocycles. The van der Waals surface area contributed by atoms with Gasteiger partial charge in [-0.05, 0) is 17.3 Å². The highest BCUT2D eigenvalue weighted by Gasteiger charge is 2.42. The first kappa shape index (κ1) is 7.84. The third-order valence-corrected chi connectivity index (χ3v) is 3.11. The third-order valence-electron chi connectivity index (χ3n) is 3.11. The molecule has 1 rings (SSSR count). The Labute approximate surface area is 64.3 Å². The molecule has 58 valence electrons. The first-order valence-corrected chi connectivity index (χ1v) is 4.22. The minimum atomic E-state index is 0.447. The topological polar surface area (TPSA) is 0 Å². The zero-order valence-electron chi connectivity index (χ0n) is 7.57. The molecule has 0 nitrogen and oxygen atoms in total. The molecular formula is C10H18. The van der Waals surface area contributed by atoms with Crippen molar-refractivity contribution in [3.05, 3.63) is 12.2 Å². The predicted molar refractivity (Wildman–Crippen MR) is 45.9 cm³/mol. The van der Waals surface area contributed by atoms with Gasteiger partial charge < -0.3 is 0 Å². The fraction of sp³-hybridized carbons (Fsp3) is 0.800. The summed E-state index contributed by atoms with van der Waals surface area (Å²) < 4.78 is 0. The molecule has 0 fully saturated rings. The summed E-state index contributed by atoms with van der Waals surface area (Å²) in [5, 5.41) is 0. The summed E-state index contributed by atoms with van der Waals surface area (Å²) in [5.41, 5.74) is 0.935. The summed E-state index contributed by atoms with van der Waals surface area (Å²) in [4.78, 5) is 0. The monoisotopic (exact) mass is 138 g/mol. The van der Waals surface area contributed by atoms with Gasteiger partial charge >= 0.3 is 0 Å². The zero-order valence-corrected chi connectivity index (χ0v) is 7.57. The van der Waals surface area contributed by atoms with Crippen molar-refractivity contribution in [3.63, 3.8) is 0 Å². The molecule has 0 saturated carbocycles. The van der Waals surface area contributed by atoms with Gasteiger partial charge in [0, 0.05) is 0 Å². The van der Waals surface area contributed by atoms with E-state index in [-0.39, 0.29) is 0 Å². The maximum absolute atomic E-state index is 2.36. The summed E-state index contributed by atoms with van der Waals surface area (Å²) >= 11 is 0. The van der Waals surface area contributed by atoms with Crippen LogP contribution in [0.25, 0.3) is 0 Å². The molecule has 0 aromatic heterocycles. The Kier molecular flexibility index (Phi) is 1.66. The number of rotatable bonds is 2. The molecule has 1 atom stereocenters. The highest BCUT2D eigenvalue weighted by Crippen LogP contribution is 2.52. The van der Waals surface area contributed by atoms with Gasteiger partial charge in [0.25, 0.3) is 0 Å². The Hall–Kier alpha value is -0.260. The quantitative estimate of drug-likeness (QED) is 0.513. The van der Waals surface area contributed by atoms with E-state index in [0.29, 0.717) is 10.8 Å². The van der Waals surface area contributed by atoms with Crippen LogP contribution >= 0.6 is 0 Å². The summed E-state index contributed by atoms with van der Waals surface area (Å²) in [5.74, 6) is 0. The van der Waals surface area contributed by atoms with E-state index in [1.807, 2.05) is 0 Å². The van der Waals surface area contributed by atoms with Crippen LogP contribution in [0, 0.1) is 10.8 Å². The normalized spacial score (nSPS) is 35.6. The van der Waals surface area contributed by atoms with Gasteiger partial charge in [-0.3, -0.25) is 0 Å². The Morgan fingerprint density at radius 3 is 1.80 bits per heavy atom. The second kappa shape index (κ2) is 2.11. The Morgan fingerprint density at radius 2 is 1.70 bits per heavy atom. The van der Waals surface area contributed by atoms with Crippen molar-refractivity contribution in [2.45, 2.75) is 40.5 Å². The molecule has 0 aromatic carbocycles. The average Bonchev–Trinajstić information content (AvgIpc) is 1.86. The van der Waals surface area contributed by atoms with Gasteiger partial charge in [-0.25, -0.2) is 0 Å². The van der Waals surface area contributed by atoms with E-state index in [1.54, 1.807) is 0 Å². The molecule has 10 heavy (non-hydrogen) atoms. The Bertz CT molecular complexity index is 153. The van der Waals surface area contributed by atoms with E-state index in [0.717, 1.165) is 0 Å². The molecule has 0 saturated heterocycles. The maximum atomic E-state index is 2.36. The third kappa shape index (κ3) is 0.902. The van der Waals surface area contributed by atoms with Crippen LogP contribution in [0.5, 0.6) is 0 Å². The van der Waals surface area contributed by atoms with Gasteiger partial charge in [-0.1, -0.05) is 46.3 Å². The smallest absolute Gasteiger partial charge is 0.00608 e. The molecule has 0 aromatic rings. The molecule has 1 aliphatic rings. The Morgan fingerprint density at radius 1 is 1.10 bits per heavy atom. The second-order valence-electron chi connectivity index (χ2n) is 4.22. The molecule has 0 amide bonds. The van der Waals surface area contributed by atoms with Crippen LogP contribution in [0.2, 0.25) is 0 Å². The molecule has 0 heterocycles. The fourth-order valence-electron chi connectivity index (χ4n) is 1.63. The van der Waals surface area contributed by atoms with E-state index in [2.05, 4.69) is 39.8 Å². The molecule has 0 spiro atoms. The molecule has 0 bridgehead atoms. The van der Waals surface area contributed by atoms with Crippen LogP contribution in [0.15, 0.2) is 12.2 Å². The van der Waals surface area contributed by atoms with Gasteiger partial charge in [0.2, 0.25) is 0 Å². The fourth-order valence-corrected chi connectivity index (χ4v) is 1.63. The highest BCUT2D eigenvalue weighted by molar-refractivity contribution is 5.22. The molecule has 0 heteroatoms. The van der Waals surface area contributed by atoms with Crippen molar-refractivity contribution in [1.82, 2.24) is 0 Å². The highest BCUT2D eigenvalue weighted by atomic mass is 14.5.